The quantitative estimate of drug-likeness (QED) is 0.885. The SMILES string of the molecule is NC1CCCC(Nc2cccc(Oc3ccccc3)c2)C1. The number of rotatable bonds is 4. The van der Waals surface area contributed by atoms with E-state index in [-0.39, 0.29) is 0 Å². The van der Waals surface area contributed by atoms with Crippen molar-refractivity contribution in [3.63, 3.8) is 0 Å². The highest BCUT2D eigenvalue weighted by Crippen LogP contribution is 2.26. The van der Waals surface area contributed by atoms with Crippen molar-refractivity contribution in [3.8, 4) is 11.5 Å². The molecule has 1 saturated carbocycles. The standard InChI is InChI=1S/C18H22N2O/c19-14-6-4-7-15(12-14)20-16-8-5-11-18(13-16)21-17-9-2-1-3-10-17/h1-3,5,8-11,13-15,20H,4,6-7,12,19H2. The minimum atomic E-state index is 0.333. The molecule has 2 unspecified atom stereocenters. The summed E-state index contributed by atoms with van der Waals surface area (Å²) in [6.07, 6.45) is 4.59. The molecule has 0 spiro atoms. The molecule has 0 bridgehead atoms. The Hall–Kier alpha value is -2.00. The maximum Gasteiger partial charge on any atom is 0.129 e. The summed E-state index contributed by atoms with van der Waals surface area (Å²) in [6, 6.07) is 18.8. The van der Waals surface area contributed by atoms with Gasteiger partial charge >= 0.3 is 0 Å². The van der Waals surface area contributed by atoms with Gasteiger partial charge in [0.25, 0.3) is 0 Å². The topological polar surface area (TPSA) is 47.3 Å². The van der Waals surface area contributed by atoms with Crippen LogP contribution in [0.4, 0.5) is 5.69 Å². The number of hydrogen-bond acceptors (Lipinski definition) is 3. The van der Waals surface area contributed by atoms with Gasteiger partial charge in [-0.3, -0.25) is 0 Å². The number of para-hydroxylation sites is 1. The first-order valence-corrected chi connectivity index (χ1v) is 7.65. The summed E-state index contributed by atoms with van der Waals surface area (Å²) in [5.41, 5.74) is 7.15. The molecular formula is C18H22N2O. The van der Waals surface area contributed by atoms with E-state index in [9.17, 15) is 0 Å². The number of ether oxygens (including phenoxy) is 1. The van der Waals surface area contributed by atoms with E-state index >= 15 is 0 Å². The maximum atomic E-state index is 6.05. The fraction of sp³-hybridized carbons (Fsp3) is 0.333. The predicted molar refractivity (Wildman–Crippen MR) is 86.8 cm³/mol. The van der Waals surface area contributed by atoms with Gasteiger partial charge in [-0.05, 0) is 49.9 Å². The number of nitrogens with one attached hydrogen (secondary N) is 1. The molecule has 1 fully saturated rings. The van der Waals surface area contributed by atoms with Crippen LogP contribution in [0.1, 0.15) is 25.7 Å². The summed E-state index contributed by atoms with van der Waals surface area (Å²) in [4.78, 5) is 0. The largest absolute Gasteiger partial charge is 0.457 e. The van der Waals surface area contributed by atoms with Crippen LogP contribution in [-0.2, 0) is 0 Å². The van der Waals surface area contributed by atoms with Crippen LogP contribution in [0, 0.1) is 0 Å². The molecule has 0 amide bonds. The fourth-order valence-corrected chi connectivity index (χ4v) is 2.87. The molecule has 0 radical (unpaired) electrons. The van der Waals surface area contributed by atoms with Crippen molar-refractivity contribution in [3.05, 3.63) is 54.6 Å². The molecule has 21 heavy (non-hydrogen) atoms. The van der Waals surface area contributed by atoms with Crippen LogP contribution < -0.4 is 15.8 Å². The number of nitrogens with two attached hydrogens (primary N) is 1. The third kappa shape index (κ3) is 3.99. The van der Waals surface area contributed by atoms with Crippen molar-refractivity contribution in [2.24, 2.45) is 5.73 Å². The summed E-state index contributed by atoms with van der Waals surface area (Å²) in [6.45, 7) is 0. The monoisotopic (exact) mass is 282 g/mol. The average Bonchev–Trinajstić information content (AvgIpc) is 2.49. The van der Waals surface area contributed by atoms with Gasteiger partial charge in [0, 0.05) is 23.8 Å². The third-order valence-corrected chi connectivity index (χ3v) is 3.90. The van der Waals surface area contributed by atoms with E-state index in [0.29, 0.717) is 12.1 Å². The van der Waals surface area contributed by atoms with Gasteiger partial charge in [0.05, 0.1) is 0 Å². The number of anilines is 1. The van der Waals surface area contributed by atoms with Crippen LogP contribution in [0.5, 0.6) is 11.5 Å². The second-order valence-electron chi connectivity index (χ2n) is 5.71. The Labute approximate surface area is 126 Å². The first-order chi connectivity index (χ1) is 10.3. The molecule has 1 aliphatic rings. The molecular weight excluding hydrogens is 260 g/mol. The highest BCUT2D eigenvalue weighted by atomic mass is 16.5. The lowest BCUT2D eigenvalue weighted by molar-refractivity contribution is 0.409. The predicted octanol–water partition coefficient (Wildman–Crippen LogP) is 4.16. The van der Waals surface area contributed by atoms with E-state index in [4.69, 9.17) is 10.5 Å². The molecule has 2 aromatic carbocycles. The molecule has 0 aliphatic heterocycles. The van der Waals surface area contributed by atoms with Gasteiger partial charge in [-0.1, -0.05) is 24.3 Å². The summed E-state index contributed by atoms with van der Waals surface area (Å²) in [5, 5.41) is 3.58. The second kappa shape index (κ2) is 6.64. The third-order valence-electron chi connectivity index (χ3n) is 3.90. The molecule has 0 heterocycles. The Balaban J connectivity index is 1.65. The summed E-state index contributed by atoms with van der Waals surface area (Å²) >= 11 is 0. The van der Waals surface area contributed by atoms with Crippen LogP contribution in [-0.4, -0.2) is 12.1 Å². The molecule has 0 aromatic heterocycles. The molecule has 3 rings (SSSR count). The van der Waals surface area contributed by atoms with Gasteiger partial charge in [0.2, 0.25) is 0 Å². The molecule has 2 aromatic rings. The van der Waals surface area contributed by atoms with E-state index in [2.05, 4.69) is 11.4 Å². The Kier molecular flexibility index (Phi) is 4.41. The van der Waals surface area contributed by atoms with E-state index in [1.54, 1.807) is 0 Å². The molecule has 1 aliphatic carbocycles. The minimum absolute atomic E-state index is 0.333. The molecule has 3 N–H and O–H groups in total. The number of benzene rings is 2. The lowest BCUT2D eigenvalue weighted by atomic mass is 9.91. The number of hydrogen-bond donors (Lipinski definition) is 2. The molecule has 2 atom stereocenters. The Morgan fingerprint density at radius 2 is 1.76 bits per heavy atom. The lowest BCUT2D eigenvalue weighted by Crippen LogP contribution is -2.34. The first-order valence-electron chi connectivity index (χ1n) is 7.65. The van der Waals surface area contributed by atoms with Crippen LogP contribution in [0.15, 0.2) is 54.6 Å². The molecule has 3 heteroatoms. The minimum Gasteiger partial charge on any atom is -0.457 e. The zero-order chi connectivity index (χ0) is 14.5. The zero-order valence-electron chi connectivity index (χ0n) is 12.2. The van der Waals surface area contributed by atoms with Crippen molar-refractivity contribution in [1.29, 1.82) is 0 Å². The highest BCUT2D eigenvalue weighted by molar-refractivity contribution is 5.49. The van der Waals surface area contributed by atoms with Gasteiger partial charge in [-0.25, -0.2) is 0 Å². The van der Waals surface area contributed by atoms with Crippen molar-refractivity contribution in [2.45, 2.75) is 37.8 Å². The highest BCUT2D eigenvalue weighted by Gasteiger charge is 2.18. The van der Waals surface area contributed by atoms with E-state index in [0.717, 1.165) is 30.0 Å². The Morgan fingerprint density at radius 1 is 0.952 bits per heavy atom. The Bertz CT molecular complexity index is 570. The Morgan fingerprint density at radius 3 is 2.57 bits per heavy atom. The lowest BCUT2D eigenvalue weighted by Gasteiger charge is -2.28. The van der Waals surface area contributed by atoms with Crippen molar-refractivity contribution >= 4 is 5.69 Å². The van der Waals surface area contributed by atoms with Crippen LogP contribution >= 0.6 is 0 Å². The van der Waals surface area contributed by atoms with Crippen LogP contribution in [0.2, 0.25) is 0 Å². The average molecular weight is 282 g/mol. The van der Waals surface area contributed by atoms with Gasteiger partial charge in [-0.2, -0.15) is 0 Å². The van der Waals surface area contributed by atoms with Crippen LogP contribution in [0.3, 0.4) is 0 Å². The van der Waals surface area contributed by atoms with E-state index < -0.39 is 0 Å². The van der Waals surface area contributed by atoms with E-state index in [1.807, 2.05) is 48.5 Å². The zero-order valence-corrected chi connectivity index (χ0v) is 12.2. The fourth-order valence-electron chi connectivity index (χ4n) is 2.87. The van der Waals surface area contributed by atoms with Gasteiger partial charge < -0.3 is 15.8 Å². The van der Waals surface area contributed by atoms with Crippen molar-refractivity contribution in [2.75, 3.05) is 5.32 Å². The van der Waals surface area contributed by atoms with Crippen LogP contribution in [0.25, 0.3) is 0 Å². The summed E-state index contributed by atoms with van der Waals surface area (Å²) in [7, 11) is 0. The normalized spacial score (nSPS) is 21.8. The summed E-state index contributed by atoms with van der Waals surface area (Å²) in [5.74, 6) is 1.71. The van der Waals surface area contributed by atoms with Gasteiger partial charge in [0.15, 0.2) is 0 Å². The smallest absolute Gasteiger partial charge is 0.129 e. The first kappa shape index (κ1) is 14.0. The van der Waals surface area contributed by atoms with E-state index in [1.165, 1.54) is 12.8 Å². The molecule has 0 saturated heterocycles. The maximum absolute atomic E-state index is 6.05. The molecule has 3 nitrogen and oxygen atoms in total. The second-order valence-corrected chi connectivity index (χ2v) is 5.71. The summed E-state index contributed by atoms with van der Waals surface area (Å²) < 4.78 is 5.86. The van der Waals surface area contributed by atoms with Crippen molar-refractivity contribution in [1.82, 2.24) is 0 Å². The van der Waals surface area contributed by atoms with Crippen molar-refractivity contribution < 1.29 is 4.74 Å². The van der Waals surface area contributed by atoms with Gasteiger partial charge in [-0.15, -0.1) is 0 Å². The van der Waals surface area contributed by atoms with Gasteiger partial charge in [0.1, 0.15) is 11.5 Å². The molecule has 110 valence electrons.